The van der Waals surface area contributed by atoms with Crippen LogP contribution in [0.15, 0.2) is 0 Å². The van der Waals surface area contributed by atoms with Crippen molar-refractivity contribution in [3.05, 3.63) is 0 Å². The molecule has 0 heterocycles. The molecule has 0 unspecified atom stereocenters. The van der Waals surface area contributed by atoms with Crippen molar-refractivity contribution >= 4 is 9.84 Å². The zero-order chi connectivity index (χ0) is 12.2. The molecular formula is C11H24N2O2S. The van der Waals surface area contributed by atoms with Gasteiger partial charge < -0.3 is 10.2 Å². The molecule has 0 aromatic heterocycles. The van der Waals surface area contributed by atoms with Gasteiger partial charge in [0.15, 0.2) is 9.84 Å². The van der Waals surface area contributed by atoms with Crippen LogP contribution in [-0.4, -0.2) is 57.0 Å². The Balaban J connectivity index is 2.10. The molecule has 1 fully saturated rings. The predicted molar refractivity (Wildman–Crippen MR) is 67.4 cm³/mol. The Morgan fingerprint density at radius 2 is 1.94 bits per heavy atom. The van der Waals surface area contributed by atoms with E-state index in [-0.39, 0.29) is 11.0 Å². The van der Waals surface area contributed by atoms with E-state index in [9.17, 15) is 8.42 Å². The molecule has 0 aliphatic heterocycles. The summed E-state index contributed by atoms with van der Waals surface area (Å²) in [6, 6.07) is 0.729. The summed E-state index contributed by atoms with van der Waals surface area (Å²) in [5, 5.41) is 3.16. The van der Waals surface area contributed by atoms with Gasteiger partial charge in [0.05, 0.1) is 11.0 Å². The number of hydrogen-bond donors (Lipinski definition) is 1. The second-order valence-corrected chi connectivity index (χ2v) is 7.62. The van der Waals surface area contributed by atoms with Gasteiger partial charge in [-0.1, -0.05) is 0 Å². The van der Waals surface area contributed by atoms with Crippen molar-refractivity contribution in [3.8, 4) is 0 Å². The molecule has 0 radical (unpaired) electrons. The van der Waals surface area contributed by atoms with Crippen LogP contribution in [-0.2, 0) is 9.84 Å². The molecule has 0 atom stereocenters. The van der Waals surface area contributed by atoms with Crippen LogP contribution in [0.3, 0.4) is 0 Å². The topological polar surface area (TPSA) is 49.4 Å². The fraction of sp³-hybridized carbons (Fsp3) is 1.00. The third-order valence-electron chi connectivity index (χ3n) is 2.98. The van der Waals surface area contributed by atoms with E-state index < -0.39 is 9.84 Å². The first-order valence-electron chi connectivity index (χ1n) is 6.05. The number of likely N-dealkylation sites (N-methyl/N-ethyl adjacent to an activating group) is 1. The van der Waals surface area contributed by atoms with E-state index in [1.807, 2.05) is 7.05 Å². The molecule has 0 saturated heterocycles. The highest BCUT2D eigenvalue weighted by atomic mass is 32.2. The van der Waals surface area contributed by atoms with Crippen molar-refractivity contribution in [1.29, 1.82) is 0 Å². The molecule has 0 aromatic carbocycles. The fourth-order valence-corrected chi connectivity index (χ4v) is 2.42. The van der Waals surface area contributed by atoms with Crippen molar-refractivity contribution in [2.24, 2.45) is 0 Å². The minimum absolute atomic E-state index is 0.259. The summed E-state index contributed by atoms with van der Waals surface area (Å²) in [4.78, 5) is 2.08. The van der Waals surface area contributed by atoms with Crippen LogP contribution in [0, 0.1) is 0 Å². The predicted octanol–water partition coefficient (Wildman–Crippen LogP) is 0.493. The van der Waals surface area contributed by atoms with Gasteiger partial charge in [0, 0.05) is 25.7 Å². The van der Waals surface area contributed by atoms with Crippen LogP contribution >= 0.6 is 0 Å². The quantitative estimate of drug-likeness (QED) is 0.679. The second-order valence-electron chi connectivity index (χ2n) is 4.95. The normalized spacial score (nSPS) is 17.3. The Kier molecular flexibility index (Phi) is 5.21. The molecule has 0 amide bonds. The van der Waals surface area contributed by atoms with Gasteiger partial charge in [-0.2, -0.15) is 0 Å². The van der Waals surface area contributed by atoms with Gasteiger partial charge in [-0.15, -0.1) is 0 Å². The molecule has 96 valence electrons. The standard InChI is InChI=1S/C11H24N2O2S/c1-10(2)16(14,15)9-8-13(3)7-6-12-11-4-5-11/h10-12H,4-9H2,1-3H3. The molecule has 1 rings (SSSR count). The zero-order valence-electron chi connectivity index (χ0n) is 10.6. The fourth-order valence-electron chi connectivity index (χ4n) is 1.38. The highest BCUT2D eigenvalue weighted by Crippen LogP contribution is 2.17. The molecule has 1 aliphatic carbocycles. The molecule has 4 nitrogen and oxygen atoms in total. The first-order chi connectivity index (χ1) is 7.42. The van der Waals surface area contributed by atoms with Crippen LogP contribution in [0.2, 0.25) is 0 Å². The van der Waals surface area contributed by atoms with E-state index in [2.05, 4.69) is 10.2 Å². The lowest BCUT2D eigenvalue weighted by Crippen LogP contribution is -2.34. The van der Waals surface area contributed by atoms with Crippen molar-refractivity contribution < 1.29 is 8.42 Å². The first-order valence-corrected chi connectivity index (χ1v) is 7.77. The molecule has 0 bridgehead atoms. The Labute approximate surface area is 99.3 Å². The number of nitrogens with one attached hydrogen (secondary N) is 1. The Hall–Kier alpha value is -0.130. The van der Waals surface area contributed by atoms with Crippen molar-refractivity contribution in [3.63, 3.8) is 0 Å². The van der Waals surface area contributed by atoms with Gasteiger partial charge in [-0.25, -0.2) is 8.42 Å². The third kappa shape index (κ3) is 5.27. The summed E-state index contributed by atoms with van der Waals surface area (Å²) in [7, 11) is -0.908. The molecule has 16 heavy (non-hydrogen) atoms. The van der Waals surface area contributed by atoms with Crippen LogP contribution in [0.4, 0.5) is 0 Å². The highest BCUT2D eigenvalue weighted by molar-refractivity contribution is 7.92. The Morgan fingerprint density at radius 3 is 2.44 bits per heavy atom. The van der Waals surface area contributed by atoms with Crippen molar-refractivity contribution in [1.82, 2.24) is 10.2 Å². The van der Waals surface area contributed by atoms with Crippen molar-refractivity contribution in [2.45, 2.75) is 38.0 Å². The summed E-state index contributed by atoms with van der Waals surface area (Å²) in [5.74, 6) is 0.268. The molecule has 0 spiro atoms. The maximum absolute atomic E-state index is 11.6. The van der Waals surface area contributed by atoms with E-state index in [0.717, 1.165) is 19.1 Å². The second kappa shape index (κ2) is 5.98. The molecule has 1 aliphatic rings. The lowest BCUT2D eigenvalue weighted by molar-refractivity contribution is 0.348. The van der Waals surface area contributed by atoms with Gasteiger partial charge in [0.25, 0.3) is 0 Å². The maximum Gasteiger partial charge on any atom is 0.153 e. The summed E-state index contributed by atoms with van der Waals surface area (Å²) in [6.45, 7) is 5.99. The van der Waals surface area contributed by atoms with Crippen molar-refractivity contribution in [2.75, 3.05) is 32.4 Å². The first kappa shape index (κ1) is 13.9. The number of sulfone groups is 1. The third-order valence-corrected chi connectivity index (χ3v) is 5.17. The monoisotopic (exact) mass is 248 g/mol. The average Bonchev–Trinajstić information content (AvgIpc) is 2.98. The van der Waals surface area contributed by atoms with Gasteiger partial charge >= 0.3 is 0 Å². The minimum atomic E-state index is -2.88. The summed E-state index contributed by atoms with van der Waals surface area (Å²) in [6.07, 6.45) is 2.59. The van der Waals surface area contributed by atoms with E-state index >= 15 is 0 Å². The highest BCUT2D eigenvalue weighted by Gasteiger charge is 2.20. The van der Waals surface area contributed by atoms with Gasteiger partial charge in [0.2, 0.25) is 0 Å². The molecule has 0 aromatic rings. The van der Waals surface area contributed by atoms with Gasteiger partial charge in [-0.05, 0) is 33.7 Å². The van der Waals surface area contributed by atoms with E-state index in [1.54, 1.807) is 13.8 Å². The van der Waals surface area contributed by atoms with E-state index in [0.29, 0.717) is 6.54 Å². The average molecular weight is 248 g/mol. The molecule has 1 N–H and O–H groups in total. The van der Waals surface area contributed by atoms with E-state index in [1.165, 1.54) is 12.8 Å². The number of rotatable bonds is 8. The largest absolute Gasteiger partial charge is 0.313 e. The Bertz CT molecular complexity index is 297. The van der Waals surface area contributed by atoms with Gasteiger partial charge in [-0.3, -0.25) is 0 Å². The number of nitrogens with zero attached hydrogens (tertiary/aromatic N) is 1. The number of hydrogen-bond acceptors (Lipinski definition) is 4. The molecular weight excluding hydrogens is 224 g/mol. The summed E-state index contributed by atoms with van der Waals surface area (Å²) < 4.78 is 23.2. The van der Waals surface area contributed by atoms with Crippen LogP contribution < -0.4 is 5.32 Å². The van der Waals surface area contributed by atoms with Crippen LogP contribution in [0.1, 0.15) is 26.7 Å². The smallest absolute Gasteiger partial charge is 0.153 e. The van der Waals surface area contributed by atoms with E-state index in [4.69, 9.17) is 0 Å². The minimum Gasteiger partial charge on any atom is -0.313 e. The lowest BCUT2D eigenvalue weighted by atomic mass is 10.5. The lowest BCUT2D eigenvalue weighted by Gasteiger charge is -2.17. The molecule has 5 heteroatoms. The van der Waals surface area contributed by atoms with Crippen LogP contribution in [0.5, 0.6) is 0 Å². The molecule has 1 saturated carbocycles. The Morgan fingerprint density at radius 1 is 1.31 bits per heavy atom. The summed E-state index contributed by atoms with van der Waals surface area (Å²) in [5.41, 5.74) is 0. The maximum atomic E-state index is 11.6. The van der Waals surface area contributed by atoms with Gasteiger partial charge in [0.1, 0.15) is 0 Å². The van der Waals surface area contributed by atoms with Crippen LogP contribution in [0.25, 0.3) is 0 Å². The summed E-state index contributed by atoms with van der Waals surface area (Å²) >= 11 is 0. The SMILES string of the molecule is CC(C)S(=O)(=O)CCN(C)CCNC1CC1. The zero-order valence-corrected chi connectivity index (χ0v) is 11.4.